The molecule has 0 amide bonds. The first kappa shape index (κ1) is 13.3. The van der Waals surface area contributed by atoms with Crippen molar-refractivity contribution in [3.05, 3.63) is 28.8 Å². The third-order valence-corrected chi connectivity index (χ3v) is 4.20. The van der Waals surface area contributed by atoms with Crippen LogP contribution in [-0.2, 0) is 6.54 Å². The quantitative estimate of drug-likeness (QED) is 0.812. The maximum Gasteiger partial charge on any atom is 0.0415 e. The first-order chi connectivity index (χ1) is 9.28. The molecule has 2 nitrogen and oxygen atoms in total. The van der Waals surface area contributed by atoms with Crippen molar-refractivity contribution in [2.75, 3.05) is 11.4 Å². The van der Waals surface area contributed by atoms with E-state index in [2.05, 4.69) is 29.3 Å². The van der Waals surface area contributed by atoms with Crippen LogP contribution in [0.3, 0.4) is 0 Å². The Hall–Kier alpha value is -0.730. The van der Waals surface area contributed by atoms with Crippen LogP contribution in [0.15, 0.2) is 18.2 Å². The minimum Gasteiger partial charge on any atom is -0.368 e. The zero-order valence-electron chi connectivity index (χ0n) is 11.7. The Morgan fingerprint density at radius 1 is 1.26 bits per heavy atom. The molecule has 0 aliphatic heterocycles. The highest BCUT2D eigenvalue weighted by Gasteiger charge is 2.30. The molecule has 0 atom stereocenters. The van der Waals surface area contributed by atoms with Gasteiger partial charge in [0.25, 0.3) is 0 Å². The van der Waals surface area contributed by atoms with E-state index in [1.54, 1.807) is 0 Å². The van der Waals surface area contributed by atoms with Gasteiger partial charge in [0, 0.05) is 35.9 Å². The summed E-state index contributed by atoms with van der Waals surface area (Å²) in [6.07, 6.45) is 6.55. The molecule has 0 spiro atoms. The van der Waals surface area contributed by atoms with Crippen molar-refractivity contribution in [3.8, 4) is 0 Å². The fraction of sp³-hybridized carbons (Fsp3) is 0.625. The van der Waals surface area contributed by atoms with Gasteiger partial charge in [-0.05, 0) is 55.9 Å². The van der Waals surface area contributed by atoms with E-state index in [1.807, 2.05) is 6.07 Å². The molecular formula is C16H23ClN2. The molecule has 1 aromatic carbocycles. The molecule has 104 valence electrons. The van der Waals surface area contributed by atoms with Crippen molar-refractivity contribution < 1.29 is 0 Å². The summed E-state index contributed by atoms with van der Waals surface area (Å²) in [5.74, 6) is 0. The van der Waals surface area contributed by atoms with E-state index in [-0.39, 0.29) is 0 Å². The van der Waals surface area contributed by atoms with Crippen molar-refractivity contribution >= 4 is 17.3 Å². The van der Waals surface area contributed by atoms with E-state index < -0.39 is 0 Å². The average molecular weight is 279 g/mol. The summed E-state index contributed by atoms with van der Waals surface area (Å²) < 4.78 is 0. The molecule has 0 radical (unpaired) electrons. The van der Waals surface area contributed by atoms with Gasteiger partial charge in [-0.3, -0.25) is 0 Å². The van der Waals surface area contributed by atoms with Crippen LogP contribution in [0.25, 0.3) is 0 Å². The van der Waals surface area contributed by atoms with Crippen molar-refractivity contribution in [2.45, 2.75) is 57.7 Å². The van der Waals surface area contributed by atoms with Gasteiger partial charge in [0.2, 0.25) is 0 Å². The first-order valence-electron chi connectivity index (χ1n) is 7.56. The van der Waals surface area contributed by atoms with Crippen LogP contribution in [0.2, 0.25) is 5.02 Å². The lowest BCUT2D eigenvalue weighted by atomic mass is 10.1. The van der Waals surface area contributed by atoms with Gasteiger partial charge in [-0.2, -0.15) is 0 Å². The molecule has 1 N–H and O–H groups in total. The van der Waals surface area contributed by atoms with Crippen LogP contribution < -0.4 is 10.2 Å². The van der Waals surface area contributed by atoms with Crippen LogP contribution in [0.4, 0.5) is 5.69 Å². The zero-order chi connectivity index (χ0) is 13.2. The van der Waals surface area contributed by atoms with Crippen molar-refractivity contribution in [1.29, 1.82) is 0 Å². The molecule has 1 aromatic rings. The molecule has 2 saturated carbocycles. The van der Waals surface area contributed by atoms with Gasteiger partial charge in [-0.15, -0.1) is 0 Å². The number of hydrogen-bond donors (Lipinski definition) is 1. The van der Waals surface area contributed by atoms with Crippen LogP contribution in [0.1, 0.15) is 44.6 Å². The lowest BCUT2D eigenvalue weighted by molar-refractivity contribution is 0.680. The van der Waals surface area contributed by atoms with Crippen molar-refractivity contribution in [1.82, 2.24) is 5.32 Å². The minimum absolute atomic E-state index is 0.743. The maximum absolute atomic E-state index is 6.18. The van der Waals surface area contributed by atoms with E-state index in [4.69, 9.17) is 11.6 Å². The standard InChI is InChI=1S/C16H23ClN2/c1-2-9-19(15-6-7-15)16-8-3-13(17)10-12(16)11-18-14-4-5-14/h3,8,10,14-15,18H,2,4-7,9,11H2,1H3. The average Bonchev–Trinajstić information content (AvgIpc) is 3.28. The Kier molecular flexibility index (Phi) is 3.99. The lowest BCUT2D eigenvalue weighted by Crippen LogP contribution is -2.28. The molecule has 3 heteroatoms. The monoisotopic (exact) mass is 278 g/mol. The Bertz CT molecular complexity index is 438. The van der Waals surface area contributed by atoms with Gasteiger partial charge in [-0.1, -0.05) is 18.5 Å². The topological polar surface area (TPSA) is 15.3 Å². The lowest BCUT2D eigenvalue weighted by Gasteiger charge is -2.27. The Labute approximate surface area is 121 Å². The second-order valence-corrected chi connectivity index (χ2v) is 6.29. The highest BCUT2D eigenvalue weighted by molar-refractivity contribution is 6.30. The third-order valence-electron chi connectivity index (χ3n) is 3.96. The highest BCUT2D eigenvalue weighted by atomic mass is 35.5. The van der Waals surface area contributed by atoms with Crippen molar-refractivity contribution in [2.24, 2.45) is 0 Å². The van der Waals surface area contributed by atoms with Crippen LogP contribution in [-0.4, -0.2) is 18.6 Å². The van der Waals surface area contributed by atoms with E-state index in [0.717, 1.165) is 30.2 Å². The molecule has 19 heavy (non-hydrogen) atoms. The molecule has 3 rings (SSSR count). The number of anilines is 1. The molecule has 0 unspecified atom stereocenters. The Balaban J connectivity index is 1.79. The van der Waals surface area contributed by atoms with Gasteiger partial charge in [0.05, 0.1) is 0 Å². The maximum atomic E-state index is 6.18. The van der Waals surface area contributed by atoms with Crippen LogP contribution in [0.5, 0.6) is 0 Å². The predicted octanol–water partition coefficient (Wildman–Crippen LogP) is 3.97. The summed E-state index contributed by atoms with van der Waals surface area (Å²) in [6.45, 7) is 4.36. The Morgan fingerprint density at radius 3 is 2.68 bits per heavy atom. The fourth-order valence-electron chi connectivity index (χ4n) is 2.64. The van der Waals surface area contributed by atoms with Gasteiger partial charge in [-0.25, -0.2) is 0 Å². The SMILES string of the molecule is CCCN(c1ccc(Cl)cc1CNC1CC1)C1CC1. The zero-order valence-corrected chi connectivity index (χ0v) is 12.4. The van der Waals surface area contributed by atoms with Crippen LogP contribution in [0, 0.1) is 0 Å². The Morgan fingerprint density at radius 2 is 2.05 bits per heavy atom. The highest BCUT2D eigenvalue weighted by Crippen LogP contribution is 2.35. The summed E-state index contributed by atoms with van der Waals surface area (Å²) in [4.78, 5) is 2.58. The number of rotatable bonds is 7. The number of benzene rings is 1. The van der Waals surface area contributed by atoms with E-state index in [9.17, 15) is 0 Å². The molecule has 0 heterocycles. The fourth-order valence-corrected chi connectivity index (χ4v) is 2.84. The molecule has 2 aliphatic carbocycles. The second kappa shape index (κ2) is 5.72. The summed E-state index contributed by atoms with van der Waals surface area (Å²) in [7, 11) is 0. The number of halogens is 1. The summed E-state index contributed by atoms with van der Waals surface area (Å²) in [5.41, 5.74) is 2.75. The predicted molar refractivity (Wildman–Crippen MR) is 82.0 cm³/mol. The first-order valence-corrected chi connectivity index (χ1v) is 7.94. The molecule has 2 fully saturated rings. The van der Waals surface area contributed by atoms with Gasteiger partial charge >= 0.3 is 0 Å². The van der Waals surface area contributed by atoms with Gasteiger partial charge in [0.15, 0.2) is 0 Å². The largest absolute Gasteiger partial charge is 0.368 e. The molecule has 0 saturated heterocycles. The van der Waals surface area contributed by atoms with E-state index in [0.29, 0.717) is 0 Å². The molecule has 2 aliphatic rings. The number of hydrogen-bond acceptors (Lipinski definition) is 2. The summed E-state index contributed by atoms with van der Waals surface area (Å²) in [6, 6.07) is 7.88. The smallest absolute Gasteiger partial charge is 0.0415 e. The van der Waals surface area contributed by atoms with Crippen LogP contribution >= 0.6 is 11.6 Å². The van der Waals surface area contributed by atoms with E-state index >= 15 is 0 Å². The third kappa shape index (κ3) is 3.43. The normalized spacial score (nSPS) is 18.6. The minimum atomic E-state index is 0.743. The van der Waals surface area contributed by atoms with Gasteiger partial charge < -0.3 is 10.2 Å². The van der Waals surface area contributed by atoms with Gasteiger partial charge in [0.1, 0.15) is 0 Å². The molecule has 0 aromatic heterocycles. The molecular weight excluding hydrogens is 256 g/mol. The molecule has 0 bridgehead atoms. The number of nitrogens with zero attached hydrogens (tertiary/aromatic N) is 1. The second-order valence-electron chi connectivity index (χ2n) is 5.85. The summed E-state index contributed by atoms with van der Waals surface area (Å²) >= 11 is 6.18. The number of nitrogens with one attached hydrogen (secondary N) is 1. The van der Waals surface area contributed by atoms with E-state index in [1.165, 1.54) is 43.4 Å². The summed E-state index contributed by atoms with van der Waals surface area (Å²) in [5, 5.41) is 4.46. The van der Waals surface area contributed by atoms with Crippen molar-refractivity contribution in [3.63, 3.8) is 0 Å².